The predicted molar refractivity (Wildman–Crippen MR) is 81.6 cm³/mol. The van der Waals surface area contributed by atoms with E-state index in [1.54, 1.807) is 0 Å². The van der Waals surface area contributed by atoms with E-state index in [0.29, 0.717) is 17.9 Å². The first-order valence-corrected chi connectivity index (χ1v) is 9.35. The normalized spacial score (nSPS) is 51.2. The minimum atomic E-state index is 0.450. The summed E-state index contributed by atoms with van der Waals surface area (Å²) >= 11 is 0. The monoisotopic (exact) mass is 288 g/mol. The van der Waals surface area contributed by atoms with E-state index < -0.39 is 0 Å². The molecule has 6 unspecified atom stereocenters. The molecule has 3 aliphatic carbocycles. The van der Waals surface area contributed by atoms with Crippen molar-refractivity contribution >= 4 is 5.91 Å². The van der Waals surface area contributed by atoms with E-state index in [-0.39, 0.29) is 0 Å². The molecule has 5 aliphatic rings. The molecule has 0 spiro atoms. The highest BCUT2D eigenvalue weighted by molar-refractivity contribution is 5.83. The standard InChI is InChI=1S/C18H28N2O/c21-18(17-15-11-5-6-12(9-11)16(15)17)20-8-2-3-13(10-20)14-4-1-7-19-14/h11-17,19H,1-10H2. The van der Waals surface area contributed by atoms with Gasteiger partial charge in [0.05, 0.1) is 0 Å². The molecule has 1 N–H and O–H groups in total. The Labute approximate surface area is 127 Å². The van der Waals surface area contributed by atoms with Gasteiger partial charge in [-0.2, -0.15) is 0 Å². The Morgan fingerprint density at radius 1 is 0.952 bits per heavy atom. The molecule has 21 heavy (non-hydrogen) atoms. The molecular formula is C18H28N2O. The fourth-order valence-corrected chi connectivity index (χ4v) is 6.52. The maximum Gasteiger partial charge on any atom is 0.226 e. The van der Waals surface area contributed by atoms with Crippen LogP contribution in [0.2, 0.25) is 0 Å². The first kappa shape index (κ1) is 12.9. The van der Waals surface area contributed by atoms with Crippen LogP contribution in [0, 0.1) is 35.5 Å². The summed E-state index contributed by atoms with van der Waals surface area (Å²) in [7, 11) is 0. The van der Waals surface area contributed by atoms with Crippen molar-refractivity contribution in [3.05, 3.63) is 0 Å². The van der Waals surface area contributed by atoms with Crippen LogP contribution in [-0.2, 0) is 4.79 Å². The topological polar surface area (TPSA) is 32.3 Å². The van der Waals surface area contributed by atoms with Crippen LogP contribution >= 0.6 is 0 Å². The molecule has 0 aromatic rings. The Bertz CT molecular complexity index is 428. The number of likely N-dealkylation sites (tertiary alicyclic amines) is 1. The summed E-state index contributed by atoms with van der Waals surface area (Å²) in [6.07, 6.45) is 9.49. The summed E-state index contributed by atoms with van der Waals surface area (Å²) in [4.78, 5) is 15.2. The number of rotatable bonds is 2. The van der Waals surface area contributed by atoms with Crippen molar-refractivity contribution in [1.29, 1.82) is 0 Å². The van der Waals surface area contributed by atoms with E-state index in [9.17, 15) is 4.79 Å². The van der Waals surface area contributed by atoms with Crippen molar-refractivity contribution in [2.45, 2.75) is 51.0 Å². The highest BCUT2D eigenvalue weighted by atomic mass is 16.2. The summed E-state index contributed by atoms with van der Waals surface area (Å²) in [5.41, 5.74) is 0. The van der Waals surface area contributed by atoms with Gasteiger partial charge in [0, 0.05) is 25.0 Å². The third-order valence-corrected chi connectivity index (χ3v) is 7.46. The summed E-state index contributed by atoms with van der Waals surface area (Å²) in [6.45, 7) is 3.26. The summed E-state index contributed by atoms with van der Waals surface area (Å²) < 4.78 is 0. The number of amides is 1. The van der Waals surface area contributed by atoms with Gasteiger partial charge in [0.15, 0.2) is 0 Å². The lowest BCUT2D eigenvalue weighted by molar-refractivity contribution is -0.135. The fourth-order valence-electron chi connectivity index (χ4n) is 6.52. The second kappa shape index (κ2) is 4.71. The molecule has 0 aromatic heterocycles. The maximum absolute atomic E-state index is 13.0. The highest BCUT2D eigenvalue weighted by Gasteiger charge is 2.68. The lowest BCUT2D eigenvalue weighted by atomic mass is 9.89. The van der Waals surface area contributed by atoms with Gasteiger partial charge in [0.2, 0.25) is 5.91 Å². The van der Waals surface area contributed by atoms with Crippen molar-refractivity contribution in [2.75, 3.05) is 19.6 Å². The van der Waals surface area contributed by atoms with Gasteiger partial charge < -0.3 is 10.2 Å². The molecule has 0 radical (unpaired) electrons. The van der Waals surface area contributed by atoms with Gasteiger partial charge in [0.25, 0.3) is 0 Å². The summed E-state index contributed by atoms with van der Waals surface area (Å²) in [5, 5.41) is 3.66. The highest BCUT2D eigenvalue weighted by Crippen LogP contribution is 2.69. The van der Waals surface area contributed by atoms with Gasteiger partial charge in [-0.15, -0.1) is 0 Å². The van der Waals surface area contributed by atoms with Crippen molar-refractivity contribution < 1.29 is 4.79 Å². The van der Waals surface area contributed by atoms with E-state index in [2.05, 4.69) is 10.2 Å². The van der Waals surface area contributed by atoms with Crippen molar-refractivity contribution in [1.82, 2.24) is 10.2 Å². The Morgan fingerprint density at radius 3 is 2.48 bits per heavy atom. The average molecular weight is 288 g/mol. The van der Waals surface area contributed by atoms with Crippen LogP contribution in [-0.4, -0.2) is 36.5 Å². The van der Waals surface area contributed by atoms with Crippen LogP contribution in [0.3, 0.4) is 0 Å². The summed E-state index contributed by atoms with van der Waals surface area (Å²) in [5.74, 6) is 5.18. The van der Waals surface area contributed by atoms with Crippen LogP contribution in [0.25, 0.3) is 0 Å². The minimum absolute atomic E-state index is 0.450. The van der Waals surface area contributed by atoms with E-state index in [4.69, 9.17) is 0 Å². The number of carbonyl (C=O) groups is 1. The summed E-state index contributed by atoms with van der Waals surface area (Å²) in [6, 6.07) is 0.690. The minimum Gasteiger partial charge on any atom is -0.342 e. The largest absolute Gasteiger partial charge is 0.342 e. The number of hydrogen-bond donors (Lipinski definition) is 1. The number of hydrogen-bond acceptors (Lipinski definition) is 2. The van der Waals surface area contributed by atoms with Gasteiger partial charge >= 0.3 is 0 Å². The molecule has 3 saturated carbocycles. The number of nitrogens with one attached hydrogen (secondary N) is 1. The Kier molecular flexibility index (Phi) is 2.90. The van der Waals surface area contributed by atoms with Crippen molar-refractivity contribution in [3.8, 4) is 0 Å². The molecule has 6 atom stereocenters. The molecule has 0 aromatic carbocycles. The van der Waals surface area contributed by atoms with Crippen LogP contribution < -0.4 is 5.32 Å². The zero-order valence-corrected chi connectivity index (χ0v) is 13.0. The first-order chi connectivity index (χ1) is 10.3. The Morgan fingerprint density at radius 2 is 1.76 bits per heavy atom. The fraction of sp³-hybridized carbons (Fsp3) is 0.944. The molecule has 2 aliphatic heterocycles. The number of piperidine rings is 1. The number of carbonyl (C=O) groups excluding carboxylic acids is 1. The van der Waals surface area contributed by atoms with Gasteiger partial charge in [-0.3, -0.25) is 4.79 Å². The second-order valence-corrected chi connectivity index (χ2v) is 8.40. The molecule has 116 valence electrons. The second-order valence-electron chi connectivity index (χ2n) is 8.40. The van der Waals surface area contributed by atoms with E-state index in [0.717, 1.165) is 42.7 Å². The van der Waals surface area contributed by atoms with Crippen LogP contribution in [0.5, 0.6) is 0 Å². The van der Waals surface area contributed by atoms with Crippen LogP contribution in [0.15, 0.2) is 0 Å². The average Bonchev–Trinajstić information content (AvgIpc) is 2.97. The SMILES string of the molecule is O=C(C1C2C3CCC(C3)C12)N1CCCC(C2CCCN2)C1. The van der Waals surface area contributed by atoms with E-state index >= 15 is 0 Å². The van der Waals surface area contributed by atoms with Gasteiger partial charge in [-0.1, -0.05) is 0 Å². The molecule has 3 heteroatoms. The third-order valence-electron chi connectivity index (χ3n) is 7.46. The van der Waals surface area contributed by atoms with Gasteiger partial charge in [-0.25, -0.2) is 0 Å². The number of nitrogens with zero attached hydrogens (tertiary/aromatic N) is 1. The molecule has 2 heterocycles. The predicted octanol–water partition coefficient (Wildman–Crippen LogP) is 2.27. The molecule has 2 saturated heterocycles. The van der Waals surface area contributed by atoms with Gasteiger partial charge in [-0.05, 0) is 81.1 Å². The van der Waals surface area contributed by atoms with Crippen molar-refractivity contribution in [3.63, 3.8) is 0 Å². The third kappa shape index (κ3) is 1.92. The molecule has 5 fully saturated rings. The molecule has 3 nitrogen and oxygen atoms in total. The van der Waals surface area contributed by atoms with Crippen LogP contribution in [0.4, 0.5) is 0 Å². The molecule has 1 amide bonds. The lowest BCUT2D eigenvalue weighted by Gasteiger charge is -2.36. The Hall–Kier alpha value is -0.570. The first-order valence-electron chi connectivity index (χ1n) is 9.35. The lowest BCUT2D eigenvalue weighted by Crippen LogP contribution is -2.46. The zero-order chi connectivity index (χ0) is 14.0. The number of fused-ring (bicyclic) bond motifs is 5. The quantitative estimate of drug-likeness (QED) is 0.845. The van der Waals surface area contributed by atoms with E-state index in [1.165, 1.54) is 51.5 Å². The molecule has 2 bridgehead atoms. The zero-order valence-electron chi connectivity index (χ0n) is 13.0. The Balaban J connectivity index is 1.25. The molecular weight excluding hydrogens is 260 g/mol. The van der Waals surface area contributed by atoms with Crippen LogP contribution in [0.1, 0.15) is 44.9 Å². The smallest absolute Gasteiger partial charge is 0.226 e. The van der Waals surface area contributed by atoms with Gasteiger partial charge in [0.1, 0.15) is 0 Å². The molecule has 5 rings (SSSR count). The van der Waals surface area contributed by atoms with E-state index in [1.807, 2.05) is 0 Å². The maximum atomic E-state index is 13.0. The van der Waals surface area contributed by atoms with Crippen molar-refractivity contribution in [2.24, 2.45) is 35.5 Å².